The molecule has 0 unspecified atom stereocenters. The van der Waals surface area contributed by atoms with E-state index in [4.69, 9.17) is 4.52 Å². The number of aromatic nitrogens is 4. The van der Waals surface area contributed by atoms with Crippen LogP contribution in [0, 0.1) is 11.7 Å². The molecule has 0 atom stereocenters. The van der Waals surface area contributed by atoms with E-state index in [1.807, 2.05) is 6.26 Å². The molecule has 3 aromatic rings. The van der Waals surface area contributed by atoms with E-state index in [1.165, 1.54) is 12.1 Å². The van der Waals surface area contributed by atoms with Crippen LogP contribution in [-0.4, -0.2) is 38.6 Å². The molecule has 29 heavy (non-hydrogen) atoms. The van der Waals surface area contributed by atoms with Gasteiger partial charge < -0.3 is 14.4 Å². The van der Waals surface area contributed by atoms with Crippen LogP contribution in [-0.2, 0) is 13.0 Å². The number of thioether (sulfide) groups is 1. The van der Waals surface area contributed by atoms with Gasteiger partial charge in [0.15, 0.2) is 16.6 Å². The Hall–Kier alpha value is -2.68. The lowest BCUT2D eigenvalue weighted by Gasteiger charge is -2.11. The quantitative estimate of drug-likeness (QED) is 0.421. The number of halogens is 1. The number of carbonyl (C=O) groups excluding carboxylic acids is 1. The highest BCUT2D eigenvalue weighted by Crippen LogP contribution is 2.23. The van der Waals surface area contributed by atoms with E-state index >= 15 is 0 Å². The number of hydrogen-bond acceptors (Lipinski definition) is 6. The minimum absolute atomic E-state index is 0.121. The number of nitrogens with one attached hydrogen (secondary N) is 1. The van der Waals surface area contributed by atoms with Crippen molar-refractivity contribution >= 4 is 17.7 Å². The summed E-state index contributed by atoms with van der Waals surface area (Å²) in [6.45, 7) is 5.63. The molecule has 2 heterocycles. The van der Waals surface area contributed by atoms with Crippen molar-refractivity contribution < 1.29 is 13.7 Å². The molecule has 1 amide bonds. The molecule has 0 aliphatic heterocycles. The van der Waals surface area contributed by atoms with Crippen molar-refractivity contribution in [3.05, 3.63) is 47.7 Å². The predicted octanol–water partition coefficient (Wildman–Crippen LogP) is 3.81. The summed E-state index contributed by atoms with van der Waals surface area (Å²) in [6.07, 6.45) is 3.41. The van der Waals surface area contributed by atoms with E-state index in [0.29, 0.717) is 25.3 Å². The monoisotopic (exact) mass is 417 g/mol. The lowest BCUT2D eigenvalue weighted by atomic mass is 10.1. The van der Waals surface area contributed by atoms with Crippen LogP contribution in [0.4, 0.5) is 4.39 Å². The standard InChI is InChI=1S/C20H24FN5O2S/c1-13(2)12-26-18(23-24-20(26)29-3)9-6-10-22-19(27)16-11-17(28-25-16)14-7-4-5-8-15(14)21/h4-5,7-8,11,13H,6,9-10,12H2,1-3H3,(H,22,27). The average molecular weight is 418 g/mol. The third kappa shape index (κ3) is 5.23. The summed E-state index contributed by atoms with van der Waals surface area (Å²) in [5.41, 5.74) is 0.393. The smallest absolute Gasteiger partial charge is 0.273 e. The second-order valence-corrected chi connectivity index (χ2v) is 7.80. The fraction of sp³-hybridized carbons (Fsp3) is 0.400. The molecule has 2 aromatic heterocycles. The van der Waals surface area contributed by atoms with Gasteiger partial charge in [-0.3, -0.25) is 4.79 Å². The van der Waals surface area contributed by atoms with Crippen LogP contribution in [0.2, 0.25) is 0 Å². The molecule has 1 N–H and O–H groups in total. The molecule has 0 aliphatic rings. The van der Waals surface area contributed by atoms with Gasteiger partial charge >= 0.3 is 0 Å². The summed E-state index contributed by atoms with van der Waals surface area (Å²) in [5.74, 6) is 0.849. The maximum Gasteiger partial charge on any atom is 0.273 e. The second kappa shape index (κ2) is 9.69. The first kappa shape index (κ1) is 21.0. The van der Waals surface area contributed by atoms with E-state index in [2.05, 4.69) is 39.1 Å². The highest BCUT2D eigenvalue weighted by atomic mass is 32.2. The Bertz CT molecular complexity index is 969. The minimum atomic E-state index is -0.425. The third-order valence-corrected chi connectivity index (χ3v) is 4.94. The second-order valence-electron chi connectivity index (χ2n) is 7.02. The zero-order valence-electron chi connectivity index (χ0n) is 16.7. The molecular weight excluding hydrogens is 393 g/mol. The number of aryl methyl sites for hydroxylation is 1. The lowest BCUT2D eigenvalue weighted by molar-refractivity contribution is 0.0944. The van der Waals surface area contributed by atoms with Crippen LogP contribution in [0.1, 0.15) is 36.6 Å². The highest BCUT2D eigenvalue weighted by molar-refractivity contribution is 7.98. The Morgan fingerprint density at radius 3 is 2.83 bits per heavy atom. The van der Waals surface area contributed by atoms with Gasteiger partial charge in [-0.25, -0.2) is 4.39 Å². The van der Waals surface area contributed by atoms with Gasteiger partial charge in [-0.2, -0.15) is 0 Å². The summed E-state index contributed by atoms with van der Waals surface area (Å²) < 4.78 is 21.1. The molecule has 0 aliphatic carbocycles. The van der Waals surface area contributed by atoms with E-state index in [1.54, 1.807) is 30.0 Å². The number of rotatable bonds is 9. The van der Waals surface area contributed by atoms with E-state index in [-0.39, 0.29) is 22.9 Å². The van der Waals surface area contributed by atoms with E-state index in [9.17, 15) is 9.18 Å². The Kier molecular flexibility index (Phi) is 7.03. The number of nitrogens with zero attached hydrogens (tertiary/aromatic N) is 4. The summed E-state index contributed by atoms with van der Waals surface area (Å²) >= 11 is 1.58. The van der Waals surface area contributed by atoms with Crippen molar-refractivity contribution in [3.63, 3.8) is 0 Å². The Labute approximate surface area is 173 Å². The molecule has 9 heteroatoms. The SMILES string of the molecule is CSc1nnc(CCCNC(=O)c2cc(-c3ccccc3F)on2)n1CC(C)C. The fourth-order valence-electron chi connectivity index (χ4n) is 2.91. The zero-order chi connectivity index (χ0) is 20.8. The van der Waals surface area contributed by atoms with Gasteiger partial charge in [-0.05, 0) is 30.7 Å². The van der Waals surface area contributed by atoms with Crippen LogP contribution in [0.3, 0.4) is 0 Å². The normalized spacial score (nSPS) is 11.2. The Morgan fingerprint density at radius 2 is 2.10 bits per heavy atom. The van der Waals surface area contributed by atoms with Gasteiger partial charge in [-0.15, -0.1) is 10.2 Å². The van der Waals surface area contributed by atoms with Crippen molar-refractivity contribution in [1.82, 2.24) is 25.2 Å². The number of amides is 1. The zero-order valence-corrected chi connectivity index (χ0v) is 17.5. The number of carbonyl (C=O) groups is 1. The van der Waals surface area contributed by atoms with Crippen molar-refractivity contribution in [2.24, 2.45) is 5.92 Å². The summed E-state index contributed by atoms with van der Waals surface area (Å²) in [7, 11) is 0. The van der Waals surface area contributed by atoms with Crippen molar-refractivity contribution in [3.8, 4) is 11.3 Å². The van der Waals surface area contributed by atoms with Gasteiger partial charge in [0.25, 0.3) is 5.91 Å². The minimum Gasteiger partial charge on any atom is -0.355 e. The van der Waals surface area contributed by atoms with Crippen molar-refractivity contribution in [2.75, 3.05) is 12.8 Å². The Balaban J connectivity index is 1.54. The van der Waals surface area contributed by atoms with E-state index < -0.39 is 5.82 Å². The average Bonchev–Trinajstić information content (AvgIpc) is 3.32. The van der Waals surface area contributed by atoms with Crippen molar-refractivity contribution in [1.29, 1.82) is 0 Å². The van der Waals surface area contributed by atoms with Crippen LogP contribution in [0.25, 0.3) is 11.3 Å². The molecule has 154 valence electrons. The van der Waals surface area contributed by atoms with Crippen LogP contribution >= 0.6 is 11.8 Å². The van der Waals surface area contributed by atoms with Gasteiger partial charge in [0.05, 0.1) is 5.56 Å². The molecular formula is C20H24FN5O2S. The summed E-state index contributed by atoms with van der Waals surface area (Å²) in [5, 5.41) is 16.0. The largest absolute Gasteiger partial charge is 0.355 e. The maximum atomic E-state index is 13.8. The molecule has 1 aromatic carbocycles. The molecule has 0 saturated heterocycles. The van der Waals surface area contributed by atoms with Gasteiger partial charge in [0, 0.05) is 25.6 Å². The maximum absolute atomic E-state index is 13.8. The molecule has 3 rings (SSSR count). The topological polar surface area (TPSA) is 85.8 Å². The van der Waals surface area contributed by atoms with Crippen molar-refractivity contribution in [2.45, 2.75) is 38.4 Å². The molecule has 0 fully saturated rings. The number of benzene rings is 1. The Morgan fingerprint density at radius 1 is 1.31 bits per heavy atom. The first-order valence-electron chi connectivity index (χ1n) is 9.45. The van der Waals surface area contributed by atoms with Crippen LogP contribution < -0.4 is 5.32 Å². The first-order chi connectivity index (χ1) is 14.0. The summed E-state index contributed by atoms with van der Waals surface area (Å²) in [6, 6.07) is 7.64. The predicted molar refractivity (Wildman–Crippen MR) is 109 cm³/mol. The van der Waals surface area contributed by atoms with Gasteiger partial charge in [0.1, 0.15) is 11.6 Å². The number of hydrogen-bond donors (Lipinski definition) is 1. The molecule has 0 bridgehead atoms. The van der Waals surface area contributed by atoms with Gasteiger partial charge in [-0.1, -0.05) is 42.9 Å². The lowest BCUT2D eigenvalue weighted by Crippen LogP contribution is -2.25. The summed E-state index contributed by atoms with van der Waals surface area (Å²) in [4.78, 5) is 12.3. The third-order valence-electron chi connectivity index (χ3n) is 4.27. The molecule has 7 nitrogen and oxygen atoms in total. The highest BCUT2D eigenvalue weighted by Gasteiger charge is 2.16. The van der Waals surface area contributed by atoms with Crippen LogP contribution in [0.5, 0.6) is 0 Å². The molecule has 0 spiro atoms. The van der Waals surface area contributed by atoms with E-state index in [0.717, 1.165) is 17.5 Å². The fourth-order valence-corrected chi connectivity index (χ4v) is 3.44. The molecule has 0 saturated carbocycles. The van der Waals surface area contributed by atoms with Gasteiger partial charge in [0.2, 0.25) is 0 Å². The molecule has 0 radical (unpaired) electrons. The first-order valence-corrected chi connectivity index (χ1v) is 10.7. The van der Waals surface area contributed by atoms with Crippen LogP contribution in [0.15, 0.2) is 40.0 Å².